The molecular formula is C28H26ClNO5. The summed E-state index contributed by atoms with van der Waals surface area (Å²) in [5.41, 5.74) is 2.33. The number of para-hydroxylation sites is 1. The molecular weight excluding hydrogens is 466 g/mol. The number of ether oxygens (including phenoxy) is 3. The van der Waals surface area contributed by atoms with Crippen LogP contribution in [0.5, 0.6) is 11.5 Å². The lowest BCUT2D eigenvalue weighted by molar-refractivity contribution is -0.138. The normalized spacial score (nSPS) is 22.6. The molecule has 0 aromatic heterocycles. The predicted octanol–water partition coefficient (Wildman–Crippen LogP) is 5.59. The third-order valence-electron chi connectivity index (χ3n) is 6.73. The molecule has 0 unspecified atom stereocenters. The van der Waals surface area contributed by atoms with Gasteiger partial charge in [-0.2, -0.15) is 0 Å². The van der Waals surface area contributed by atoms with E-state index in [-0.39, 0.29) is 24.0 Å². The van der Waals surface area contributed by atoms with Crippen LogP contribution in [0.15, 0.2) is 66.7 Å². The van der Waals surface area contributed by atoms with Crippen molar-refractivity contribution < 1.29 is 23.8 Å². The molecule has 2 aliphatic heterocycles. The molecule has 0 spiro atoms. The first-order chi connectivity index (χ1) is 16.9. The Balaban J connectivity index is 1.37. The van der Waals surface area contributed by atoms with E-state index >= 15 is 0 Å². The Bertz CT molecular complexity index is 1270. The number of carbonyl (C=O) groups is 2. The van der Waals surface area contributed by atoms with E-state index < -0.39 is 5.60 Å². The zero-order valence-corrected chi connectivity index (χ0v) is 20.3. The fourth-order valence-corrected chi connectivity index (χ4v) is 4.89. The minimum Gasteiger partial charge on any atom is -0.485 e. The van der Waals surface area contributed by atoms with Crippen molar-refractivity contribution in [2.75, 3.05) is 7.11 Å². The number of hydrogen-bond acceptors (Lipinski definition) is 5. The number of hydrogen-bond donors (Lipinski definition) is 1. The SMILES string of the molecule is COC(=O)c1ccc([C@H]2C[C@@H](NC(=O)[C@@]3(C)CCc4cc(Cl)ccc4O3)c3ccccc3O2)cc1. The molecule has 6 nitrogen and oxygen atoms in total. The Morgan fingerprint density at radius 1 is 1.06 bits per heavy atom. The molecule has 7 heteroatoms. The van der Waals surface area contributed by atoms with Gasteiger partial charge in [-0.25, -0.2) is 4.79 Å². The van der Waals surface area contributed by atoms with Crippen LogP contribution in [0.4, 0.5) is 0 Å². The first-order valence-electron chi connectivity index (χ1n) is 11.6. The Morgan fingerprint density at radius 2 is 1.83 bits per heavy atom. The largest absolute Gasteiger partial charge is 0.485 e. The smallest absolute Gasteiger partial charge is 0.337 e. The summed E-state index contributed by atoms with van der Waals surface area (Å²) < 4.78 is 17.2. The molecule has 180 valence electrons. The van der Waals surface area contributed by atoms with Gasteiger partial charge in [0.1, 0.15) is 17.6 Å². The summed E-state index contributed by atoms with van der Waals surface area (Å²) >= 11 is 6.11. The highest BCUT2D eigenvalue weighted by molar-refractivity contribution is 6.30. The van der Waals surface area contributed by atoms with Crippen molar-refractivity contribution in [3.05, 3.63) is 94.0 Å². The van der Waals surface area contributed by atoms with Crippen LogP contribution in [-0.4, -0.2) is 24.6 Å². The Labute approximate surface area is 209 Å². The molecule has 1 amide bonds. The van der Waals surface area contributed by atoms with Crippen molar-refractivity contribution in [3.8, 4) is 11.5 Å². The first-order valence-corrected chi connectivity index (χ1v) is 12.0. The summed E-state index contributed by atoms with van der Waals surface area (Å²) in [5, 5.41) is 3.88. The average molecular weight is 492 g/mol. The number of rotatable bonds is 4. The van der Waals surface area contributed by atoms with E-state index in [0.717, 1.165) is 22.4 Å². The van der Waals surface area contributed by atoms with E-state index in [1.807, 2.05) is 55.5 Å². The van der Waals surface area contributed by atoms with Crippen molar-refractivity contribution >= 4 is 23.5 Å². The Kier molecular flexibility index (Phi) is 6.15. The Morgan fingerprint density at radius 3 is 2.60 bits per heavy atom. The summed E-state index contributed by atoms with van der Waals surface area (Å²) in [6.07, 6.45) is 1.52. The van der Waals surface area contributed by atoms with Gasteiger partial charge in [0.05, 0.1) is 18.7 Å². The quantitative estimate of drug-likeness (QED) is 0.481. The molecule has 0 saturated heterocycles. The highest BCUT2D eigenvalue weighted by Crippen LogP contribution is 2.42. The van der Waals surface area contributed by atoms with Crippen molar-refractivity contribution in [1.29, 1.82) is 0 Å². The second-order valence-corrected chi connectivity index (χ2v) is 9.54. The predicted molar refractivity (Wildman–Crippen MR) is 132 cm³/mol. The van der Waals surface area contributed by atoms with Gasteiger partial charge >= 0.3 is 5.97 Å². The number of benzene rings is 3. The molecule has 0 fully saturated rings. The van der Waals surface area contributed by atoms with Crippen LogP contribution < -0.4 is 14.8 Å². The van der Waals surface area contributed by atoms with Gasteiger partial charge < -0.3 is 19.5 Å². The van der Waals surface area contributed by atoms with Gasteiger partial charge in [-0.3, -0.25) is 4.79 Å². The number of fused-ring (bicyclic) bond motifs is 2. The van der Waals surface area contributed by atoms with Gasteiger partial charge in [0.15, 0.2) is 5.60 Å². The second kappa shape index (κ2) is 9.27. The van der Waals surface area contributed by atoms with Crippen molar-refractivity contribution in [1.82, 2.24) is 5.32 Å². The molecule has 2 heterocycles. The van der Waals surface area contributed by atoms with Crippen LogP contribution in [0.3, 0.4) is 0 Å². The van der Waals surface area contributed by atoms with Crippen LogP contribution >= 0.6 is 11.6 Å². The molecule has 0 aliphatic carbocycles. The lowest BCUT2D eigenvalue weighted by Crippen LogP contribution is -2.52. The lowest BCUT2D eigenvalue weighted by atomic mass is 9.89. The van der Waals surface area contributed by atoms with Crippen molar-refractivity contribution in [3.63, 3.8) is 0 Å². The van der Waals surface area contributed by atoms with Gasteiger partial charge in [-0.1, -0.05) is 41.9 Å². The van der Waals surface area contributed by atoms with E-state index in [1.165, 1.54) is 7.11 Å². The van der Waals surface area contributed by atoms with Crippen LogP contribution in [0.2, 0.25) is 5.02 Å². The van der Waals surface area contributed by atoms with Crippen molar-refractivity contribution in [2.24, 2.45) is 0 Å². The van der Waals surface area contributed by atoms with Gasteiger partial charge in [-0.05, 0) is 60.9 Å². The summed E-state index contributed by atoms with van der Waals surface area (Å²) in [5.74, 6) is 0.857. The zero-order chi connectivity index (χ0) is 24.6. The molecule has 35 heavy (non-hydrogen) atoms. The van der Waals surface area contributed by atoms with Crippen LogP contribution in [-0.2, 0) is 16.0 Å². The van der Waals surface area contributed by atoms with Crippen molar-refractivity contribution in [2.45, 2.75) is 43.9 Å². The van der Waals surface area contributed by atoms with Crippen LogP contribution in [0.1, 0.15) is 59.0 Å². The Hall–Kier alpha value is -3.51. The van der Waals surface area contributed by atoms with Gasteiger partial charge in [0.25, 0.3) is 5.91 Å². The highest BCUT2D eigenvalue weighted by Gasteiger charge is 2.41. The topological polar surface area (TPSA) is 73.9 Å². The summed E-state index contributed by atoms with van der Waals surface area (Å²) in [6.45, 7) is 1.83. The molecule has 2 aliphatic rings. The molecule has 1 N–H and O–H groups in total. The van der Waals surface area contributed by atoms with Gasteiger partial charge in [0.2, 0.25) is 0 Å². The fraction of sp³-hybridized carbons (Fsp3) is 0.286. The number of nitrogens with one attached hydrogen (secondary N) is 1. The van der Waals surface area contributed by atoms with Crippen LogP contribution in [0.25, 0.3) is 0 Å². The van der Waals surface area contributed by atoms with Crippen LogP contribution in [0, 0.1) is 0 Å². The lowest BCUT2D eigenvalue weighted by Gasteiger charge is -2.38. The monoisotopic (exact) mass is 491 g/mol. The number of esters is 1. The number of amides is 1. The molecule has 3 atom stereocenters. The minimum atomic E-state index is -0.994. The first kappa shape index (κ1) is 23.2. The zero-order valence-electron chi connectivity index (χ0n) is 19.5. The third kappa shape index (κ3) is 4.58. The van der Waals surface area contributed by atoms with E-state index in [9.17, 15) is 9.59 Å². The van der Waals surface area contributed by atoms with E-state index in [1.54, 1.807) is 18.2 Å². The number of halogens is 1. The summed E-state index contributed by atoms with van der Waals surface area (Å²) in [7, 11) is 1.36. The number of aryl methyl sites for hydroxylation is 1. The molecule has 0 bridgehead atoms. The van der Waals surface area contributed by atoms with E-state index in [0.29, 0.717) is 35.6 Å². The minimum absolute atomic E-state index is 0.167. The number of carbonyl (C=O) groups excluding carboxylic acids is 2. The average Bonchev–Trinajstić information content (AvgIpc) is 2.88. The fourth-order valence-electron chi connectivity index (χ4n) is 4.69. The maximum Gasteiger partial charge on any atom is 0.337 e. The molecule has 0 saturated carbocycles. The highest BCUT2D eigenvalue weighted by atomic mass is 35.5. The molecule has 5 rings (SSSR count). The maximum absolute atomic E-state index is 13.5. The summed E-state index contributed by atoms with van der Waals surface area (Å²) in [6, 6.07) is 20.1. The number of methoxy groups -OCH3 is 1. The molecule has 3 aromatic rings. The second-order valence-electron chi connectivity index (χ2n) is 9.10. The summed E-state index contributed by atoms with van der Waals surface area (Å²) in [4.78, 5) is 25.3. The third-order valence-corrected chi connectivity index (χ3v) is 6.97. The molecule has 0 radical (unpaired) electrons. The van der Waals surface area contributed by atoms with E-state index in [2.05, 4.69) is 5.32 Å². The van der Waals surface area contributed by atoms with Gasteiger partial charge in [-0.15, -0.1) is 0 Å². The maximum atomic E-state index is 13.5. The molecule has 3 aromatic carbocycles. The standard InChI is InChI=1S/C28H26ClNO5/c1-28(14-13-19-15-20(29)11-12-23(19)35-28)27(32)30-22-16-25(34-24-6-4-3-5-21(22)24)17-7-9-18(10-8-17)26(31)33-2/h3-12,15,22,25H,13-14,16H2,1-2H3,(H,30,32)/t22-,25-,28-/m1/s1. The van der Waals surface area contributed by atoms with Gasteiger partial charge in [0, 0.05) is 23.4 Å². The van der Waals surface area contributed by atoms with E-state index in [4.69, 9.17) is 25.8 Å².